The Morgan fingerprint density at radius 3 is 2.50 bits per heavy atom. The number of likely N-dealkylation sites (tertiary alicyclic amines) is 1. The maximum absolute atomic E-state index is 13.2. The first-order chi connectivity index (χ1) is 10.5. The highest BCUT2D eigenvalue weighted by atomic mass is 19.1. The molecule has 1 saturated heterocycles. The number of nitrogens with zero attached hydrogens (tertiary/aromatic N) is 1. The molecule has 1 heterocycles. The van der Waals surface area contributed by atoms with Crippen LogP contribution in [-0.4, -0.2) is 40.6 Å². The number of ether oxygens (including phenoxy) is 1. The van der Waals surface area contributed by atoms with E-state index in [4.69, 9.17) is 4.74 Å². The Balaban J connectivity index is 1.71. The van der Waals surface area contributed by atoms with Crippen LogP contribution in [0.2, 0.25) is 0 Å². The van der Waals surface area contributed by atoms with Crippen LogP contribution >= 0.6 is 0 Å². The van der Waals surface area contributed by atoms with Crippen LogP contribution in [0.3, 0.4) is 0 Å². The van der Waals surface area contributed by atoms with Crippen LogP contribution in [0, 0.1) is 11.7 Å². The van der Waals surface area contributed by atoms with Crippen LogP contribution in [0.15, 0.2) is 24.3 Å². The first kappa shape index (κ1) is 14.8. The number of aliphatic carboxylic acids is 1. The van der Waals surface area contributed by atoms with Crippen LogP contribution in [0.1, 0.15) is 25.7 Å². The van der Waals surface area contributed by atoms with Crippen LogP contribution < -0.4 is 4.74 Å². The number of piperidine rings is 1. The SMILES string of the molecule is O=C(C1CC1)N1CCC(Oc2cccc(F)c2)(C(=O)O)CC1. The fourth-order valence-electron chi connectivity index (χ4n) is 2.79. The number of carboxylic acids is 1. The molecule has 0 unspecified atom stereocenters. The van der Waals surface area contributed by atoms with Crippen LogP contribution in [0.4, 0.5) is 4.39 Å². The molecule has 22 heavy (non-hydrogen) atoms. The van der Waals surface area contributed by atoms with Crippen molar-refractivity contribution >= 4 is 11.9 Å². The van der Waals surface area contributed by atoms with Crippen molar-refractivity contribution in [2.24, 2.45) is 5.92 Å². The van der Waals surface area contributed by atoms with Crippen molar-refractivity contribution in [3.63, 3.8) is 0 Å². The average molecular weight is 307 g/mol. The van der Waals surface area contributed by atoms with Crippen molar-refractivity contribution in [3.8, 4) is 5.75 Å². The monoisotopic (exact) mass is 307 g/mol. The van der Waals surface area contributed by atoms with Crippen molar-refractivity contribution in [1.82, 2.24) is 4.90 Å². The standard InChI is InChI=1S/C16H18FNO4/c17-12-2-1-3-13(10-12)22-16(15(20)21)6-8-18(9-7-16)14(19)11-4-5-11/h1-3,10-11H,4-9H2,(H,20,21). The highest BCUT2D eigenvalue weighted by Gasteiger charge is 2.46. The van der Waals surface area contributed by atoms with E-state index in [9.17, 15) is 19.1 Å². The second kappa shape index (κ2) is 5.59. The van der Waals surface area contributed by atoms with Crippen LogP contribution in [0.25, 0.3) is 0 Å². The normalized spacial score (nSPS) is 20.5. The van der Waals surface area contributed by atoms with E-state index in [-0.39, 0.29) is 30.4 Å². The van der Waals surface area contributed by atoms with Gasteiger partial charge in [-0.3, -0.25) is 4.79 Å². The zero-order valence-corrected chi connectivity index (χ0v) is 12.1. The smallest absolute Gasteiger partial charge is 0.348 e. The zero-order chi connectivity index (χ0) is 15.7. The molecule has 1 aromatic rings. The molecule has 2 fully saturated rings. The Kier molecular flexibility index (Phi) is 3.76. The fourth-order valence-corrected chi connectivity index (χ4v) is 2.79. The van der Waals surface area contributed by atoms with Crippen molar-refractivity contribution in [3.05, 3.63) is 30.1 Å². The predicted octanol–water partition coefficient (Wildman–Crippen LogP) is 2.06. The van der Waals surface area contributed by atoms with Gasteiger partial charge < -0.3 is 14.7 Å². The highest BCUT2D eigenvalue weighted by Crippen LogP contribution is 2.34. The molecule has 0 aromatic heterocycles. The van der Waals surface area contributed by atoms with E-state index < -0.39 is 17.4 Å². The number of amides is 1. The van der Waals surface area contributed by atoms with E-state index in [1.165, 1.54) is 24.3 Å². The second-order valence-corrected chi connectivity index (χ2v) is 5.96. The van der Waals surface area contributed by atoms with Gasteiger partial charge in [-0.1, -0.05) is 6.07 Å². The molecule has 1 aromatic carbocycles. The Hall–Kier alpha value is -2.11. The second-order valence-electron chi connectivity index (χ2n) is 5.96. The summed E-state index contributed by atoms with van der Waals surface area (Å²) >= 11 is 0. The van der Waals surface area contributed by atoms with E-state index in [0.717, 1.165) is 12.8 Å². The zero-order valence-electron chi connectivity index (χ0n) is 12.1. The fraction of sp³-hybridized carbons (Fsp3) is 0.500. The number of hydrogen-bond donors (Lipinski definition) is 1. The predicted molar refractivity (Wildman–Crippen MR) is 75.9 cm³/mol. The Labute approximate surface area is 127 Å². The van der Waals surface area contributed by atoms with Gasteiger partial charge in [-0.2, -0.15) is 0 Å². The summed E-state index contributed by atoms with van der Waals surface area (Å²) in [5, 5.41) is 9.54. The van der Waals surface area contributed by atoms with Crippen molar-refractivity contribution in [1.29, 1.82) is 0 Å². The number of carbonyl (C=O) groups excluding carboxylic acids is 1. The molecular formula is C16H18FNO4. The quantitative estimate of drug-likeness (QED) is 0.924. The lowest BCUT2D eigenvalue weighted by Gasteiger charge is -2.39. The third-order valence-corrected chi connectivity index (χ3v) is 4.31. The lowest BCUT2D eigenvalue weighted by atomic mass is 9.90. The lowest BCUT2D eigenvalue weighted by molar-refractivity contribution is -0.162. The Morgan fingerprint density at radius 2 is 1.95 bits per heavy atom. The molecule has 118 valence electrons. The van der Waals surface area contributed by atoms with Gasteiger partial charge in [-0.15, -0.1) is 0 Å². The van der Waals surface area contributed by atoms with Gasteiger partial charge in [-0.05, 0) is 25.0 Å². The molecule has 3 rings (SSSR count). The number of benzene rings is 1. The summed E-state index contributed by atoms with van der Waals surface area (Å²) in [4.78, 5) is 25.4. The van der Waals surface area contributed by atoms with Crippen molar-refractivity contribution in [2.75, 3.05) is 13.1 Å². The summed E-state index contributed by atoms with van der Waals surface area (Å²) in [6, 6.07) is 5.46. The molecule has 2 aliphatic rings. The topological polar surface area (TPSA) is 66.8 Å². The number of carbonyl (C=O) groups is 2. The molecule has 6 heteroatoms. The van der Waals surface area contributed by atoms with Gasteiger partial charge in [0, 0.05) is 37.9 Å². The average Bonchev–Trinajstić information content (AvgIpc) is 3.32. The molecule has 1 saturated carbocycles. The molecule has 1 amide bonds. The molecule has 5 nitrogen and oxygen atoms in total. The number of halogens is 1. The molecule has 0 atom stereocenters. The summed E-state index contributed by atoms with van der Waals surface area (Å²) in [6.45, 7) is 0.716. The summed E-state index contributed by atoms with van der Waals surface area (Å²) in [5.41, 5.74) is -1.39. The summed E-state index contributed by atoms with van der Waals surface area (Å²) in [6.07, 6.45) is 2.27. The summed E-state index contributed by atoms with van der Waals surface area (Å²) in [7, 11) is 0. The first-order valence-electron chi connectivity index (χ1n) is 7.47. The summed E-state index contributed by atoms with van der Waals surface area (Å²) < 4.78 is 18.8. The number of rotatable bonds is 4. The van der Waals surface area contributed by atoms with Crippen LogP contribution in [-0.2, 0) is 9.59 Å². The molecule has 1 aliphatic heterocycles. The molecule has 1 aliphatic carbocycles. The van der Waals surface area contributed by atoms with Gasteiger partial charge in [0.1, 0.15) is 11.6 Å². The Bertz CT molecular complexity index is 592. The third kappa shape index (κ3) is 2.91. The van der Waals surface area contributed by atoms with Gasteiger partial charge in [0.25, 0.3) is 0 Å². The van der Waals surface area contributed by atoms with E-state index in [1.807, 2.05) is 0 Å². The Morgan fingerprint density at radius 1 is 1.27 bits per heavy atom. The van der Waals surface area contributed by atoms with E-state index >= 15 is 0 Å². The molecule has 1 N–H and O–H groups in total. The molecule has 0 radical (unpaired) electrons. The molecule has 0 bridgehead atoms. The number of carboxylic acid groups (broad SMARTS) is 1. The molecule has 0 spiro atoms. The maximum atomic E-state index is 13.2. The van der Waals surface area contributed by atoms with Crippen molar-refractivity contribution in [2.45, 2.75) is 31.3 Å². The van der Waals surface area contributed by atoms with E-state index in [0.29, 0.717) is 13.1 Å². The number of hydrogen-bond acceptors (Lipinski definition) is 3. The first-order valence-corrected chi connectivity index (χ1v) is 7.47. The minimum Gasteiger partial charge on any atom is -0.478 e. The van der Waals surface area contributed by atoms with Gasteiger partial charge >= 0.3 is 5.97 Å². The van der Waals surface area contributed by atoms with E-state index in [1.54, 1.807) is 4.90 Å². The van der Waals surface area contributed by atoms with Gasteiger partial charge in [0.05, 0.1) is 0 Å². The third-order valence-electron chi connectivity index (χ3n) is 4.31. The van der Waals surface area contributed by atoms with Gasteiger partial charge in [0.2, 0.25) is 11.5 Å². The minimum absolute atomic E-state index is 0.116. The molecular weight excluding hydrogens is 289 g/mol. The largest absolute Gasteiger partial charge is 0.478 e. The van der Waals surface area contributed by atoms with Gasteiger partial charge in [-0.25, -0.2) is 9.18 Å². The summed E-state index contributed by atoms with van der Waals surface area (Å²) in [5.74, 6) is -1.11. The van der Waals surface area contributed by atoms with Gasteiger partial charge in [0.15, 0.2) is 0 Å². The minimum atomic E-state index is -1.39. The van der Waals surface area contributed by atoms with Crippen LogP contribution in [0.5, 0.6) is 5.75 Å². The lowest BCUT2D eigenvalue weighted by Crippen LogP contribution is -2.54. The highest BCUT2D eigenvalue weighted by molar-refractivity contribution is 5.82. The van der Waals surface area contributed by atoms with Crippen molar-refractivity contribution < 1.29 is 23.8 Å². The van der Waals surface area contributed by atoms with E-state index in [2.05, 4.69) is 0 Å². The maximum Gasteiger partial charge on any atom is 0.348 e.